The molecule has 2 fully saturated rings. The first kappa shape index (κ1) is 15.2. The maximum atomic E-state index is 13.6. The largest absolute Gasteiger partial charge is 0.480 e. The standard InChI is InChI=1S/C15H16ClFN2O3/c16-10-4-3-9(8-11(10)17)18-7-5-12(14(18)20)19-6-1-2-13(19)15(21)22/h3-4,8,12-13H,1-2,5-7H2,(H,21,22). The first-order chi connectivity index (χ1) is 10.5. The normalized spacial score (nSPS) is 25.9. The third-order valence-corrected chi connectivity index (χ3v) is 4.68. The molecule has 22 heavy (non-hydrogen) atoms. The maximum Gasteiger partial charge on any atom is 0.320 e. The fourth-order valence-corrected chi connectivity index (χ4v) is 3.43. The van der Waals surface area contributed by atoms with Crippen molar-refractivity contribution in [1.82, 2.24) is 4.90 Å². The van der Waals surface area contributed by atoms with E-state index in [9.17, 15) is 19.1 Å². The van der Waals surface area contributed by atoms with Gasteiger partial charge < -0.3 is 10.0 Å². The van der Waals surface area contributed by atoms with Gasteiger partial charge in [0.05, 0.1) is 11.1 Å². The van der Waals surface area contributed by atoms with Crippen molar-refractivity contribution in [2.45, 2.75) is 31.3 Å². The van der Waals surface area contributed by atoms with Crippen molar-refractivity contribution >= 4 is 29.2 Å². The molecule has 2 aliphatic rings. The van der Waals surface area contributed by atoms with Crippen molar-refractivity contribution in [3.05, 3.63) is 29.0 Å². The summed E-state index contributed by atoms with van der Waals surface area (Å²) in [5.74, 6) is -1.63. The summed E-state index contributed by atoms with van der Waals surface area (Å²) in [4.78, 5) is 27.1. The zero-order valence-corrected chi connectivity index (χ0v) is 12.6. The van der Waals surface area contributed by atoms with E-state index in [0.717, 1.165) is 6.42 Å². The summed E-state index contributed by atoms with van der Waals surface area (Å²) >= 11 is 5.66. The third-order valence-electron chi connectivity index (χ3n) is 4.37. The molecule has 0 bridgehead atoms. The Balaban J connectivity index is 1.80. The van der Waals surface area contributed by atoms with E-state index >= 15 is 0 Å². The Morgan fingerprint density at radius 1 is 1.32 bits per heavy atom. The molecule has 2 unspecified atom stereocenters. The third kappa shape index (κ3) is 2.57. The van der Waals surface area contributed by atoms with Crippen LogP contribution in [0.25, 0.3) is 0 Å². The molecule has 1 aromatic rings. The van der Waals surface area contributed by atoms with E-state index in [1.54, 1.807) is 11.0 Å². The van der Waals surface area contributed by atoms with Crippen molar-refractivity contribution in [3.8, 4) is 0 Å². The minimum absolute atomic E-state index is 0.0115. The second-order valence-electron chi connectivity index (χ2n) is 5.63. The van der Waals surface area contributed by atoms with Gasteiger partial charge in [-0.3, -0.25) is 14.5 Å². The van der Waals surface area contributed by atoms with Gasteiger partial charge in [-0.1, -0.05) is 11.6 Å². The molecule has 5 nitrogen and oxygen atoms in total. The van der Waals surface area contributed by atoms with E-state index in [1.807, 2.05) is 0 Å². The molecule has 2 saturated heterocycles. The Morgan fingerprint density at radius 3 is 2.77 bits per heavy atom. The monoisotopic (exact) mass is 326 g/mol. The number of nitrogens with zero attached hydrogens (tertiary/aromatic N) is 2. The molecule has 118 valence electrons. The highest BCUT2D eigenvalue weighted by atomic mass is 35.5. The van der Waals surface area contributed by atoms with Gasteiger partial charge in [-0.25, -0.2) is 4.39 Å². The molecule has 1 aromatic carbocycles. The Hall–Kier alpha value is -1.66. The number of anilines is 1. The number of hydrogen-bond acceptors (Lipinski definition) is 3. The van der Waals surface area contributed by atoms with Crippen LogP contribution < -0.4 is 4.90 Å². The highest BCUT2D eigenvalue weighted by Crippen LogP contribution is 2.30. The van der Waals surface area contributed by atoms with Gasteiger partial charge in [-0.2, -0.15) is 0 Å². The van der Waals surface area contributed by atoms with Crippen LogP contribution >= 0.6 is 11.6 Å². The average molecular weight is 327 g/mol. The minimum Gasteiger partial charge on any atom is -0.480 e. The molecule has 2 aliphatic heterocycles. The maximum absolute atomic E-state index is 13.6. The number of amides is 1. The van der Waals surface area contributed by atoms with Gasteiger partial charge in [-0.15, -0.1) is 0 Å². The van der Waals surface area contributed by atoms with Crippen LogP contribution in [0.15, 0.2) is 18.2 Å². The second-order valence-corrected chi connectivity index (χ2v) is 6.03. The van der Waals surface area contributed by atoms with E-state index in [1.165, 1.54) is 17.0 Å². The number of likely N-dealkylation sites (tertiary alicyclic amines) is 1. The van der Waals surface area contributed by atoms with Crippen LogP contribution in [0.4, 0.5) is 10.1 Å². The van der Waals surface area contributed by atoms with E-state index in [2.05, 4.69) is 0 Å². The number of carbonyl (C=O) groups excluding carboxylic acids is 1. The fourth-order valence-electron chi connectivity index (χ4n) is 3.31. The second kappa shape index (κ2) is 5.85. The number of carbonyl (C=O) groups is 2. The quantitative estimate of drug-likeness (QED) is 0.924. The molecule has 0 aromatic heterocycles. The predicted molar refractivity (Wildman–Crippen MR) is 79.5 cm³/mol. The number of carboxylic acid groups (broad SMARTS) is 1. The summed E-state index contributed by atoms with van der Waals surface area (Å²) in [5, 5.41) is 9.26. The van der Waals surface area contributed by atoms with Crippen molar-refractivity contribution in [3.63, 3.8) is 0 Å². The van der Waals surface area contributed by atoms with Gasteiger partial charge in [0.1, 0.15) is 11.9 Å². The summed E-state index contributed by atoms with van der Waals surface area (Å²) in [7, 11) is 0. The lowest BCUT2D eigenvalue weighted by Crippen LogP contribution is -2.47. The zero-order chi connectivity index (χ0) is 15.9. The van der Waals surface area contributed by atoms with Crippen LogP contribution in [0.5, 0.6) is 0 Å². The highest BCUT2D eigenvalue weighted by molar-refractivity contribution is 6.30. The lowest BCUT2D eigenvalue weighted by atomic mass is 10.1. The van der Waals surface area contributed by atoms with E-state index < -0.39 is 23.9 Å². The average Bonchev–Trinajstić information content (AvgIpc) is 3.08. The first-order valence-corrected chi connectivity index (χ1v) is 7.62. The molecule has 3 rings (SSSR count). The smallest absolute Gasteiger partial charge is 0.320 e. The topological polar surface area (TPSA) is 60.9 Å². The van der Waals surface area contributed by atoms with Crippen LogP contribution in [0.3, 0.4) is 0 Å². The van der Waals surface area contributed by atoms with Gasteiger partial charge in [-0.05, 0) is 44.0 Å². The molecule has 1 N–H and O–H groups in total. The van der Waals surface area contributed by atoms with E-state index in [0.29, 0.717) is 31.6 Å². The van der Waals surface area contributed by atoms with Crippen LogP contribution in [0.2, 0.25) is 5.02 Å². The number of carboxylic acids is 1. The van der Waals surface area contributed by atoms with Crippen LogP contribution in [-0.4, -0.2) is 47.1 Å². The predicted octanol–water partition coefficient (Wildman–Crippen LogP) is 2.13. The lowest BCUT2D eigenvalue weighted by Gasteiger charge is -2.27. The SMILES string of the molecule is O=C(O)C1CCCN1C1CCN(c2ccc(Cl)c(F)c2)C1=O. The number of aliphatic carboxylic acids is 1. The van der Waals surface area contributed by atoms with Gasteiger partial charge in [0.2, 0.25) is 5.91 Å². The van der Waals surface area contributed by atoms with E-state index in [-0.39, 0.29) is 10.9 Å². The summed E-state index contributed by atoms with van der Waals surface area (Å²) in [6, 6.07) is 3.21. The first-order valence-electron chi connectivity index (χ1n) is 7.24. The van der Waals surface area contributed by atoms with Gasteiger partial charge in [0.25, 0.3) is 0 Å². The van der Waals surface area contributed by atoms with Crippen molar-refractivity contribution in [1.29, 1.82) is 0 Å². The fraction of sp³-hybridized carbons (Fsp3) is 0.467. The lowest BCUT2D eigenvalue weighted by molar-refractivity contribution is -0.143. The number of benzene rings is 1. The van der Waals surface area contributed by atoms with Crippen LogP contribution in [0, 0.1) is 5.82 Å². The van der Waals surface area contributed by atoms with E-state index in [4.69, 9.17) is 11.6 Å². The van der Waals surface area contributed by atoms with Gasteiger partial charge in [0.15, 0.2) is 0 Å². The molecule has 0 radical (unpaired) electrons. The number of hydrogen-bond donors (Lipinski definition) is 1. The van der Waals surface area contributed by atoms with Crippen LogP contribution in [0.1, 0.15) is 19.3 Å². The van der Waals surface area contributed by atoms with Crippen molar-refractivity contribution in [2.24, 2.45) is 0 Å². The summed E-state index contributed by atoms with van der Waals surface area (Å²) in [6.07, 6.45) is 1.89. The molecule has 1 amide bonds. The summed E-state index contributed by atoms with van der Waals surface area (Å²) < 4.78 is 13.6. The Bertz CT molecular complexity index is 625. The van der Waals surface area contributed by atoms with Crippen molar-refractivity contribution < 1.29 is 19.1 Å². The zero-order valence-electron chi connectivity index (χ0n) is 11.8. The molecule has 0 aliphatic carbocycles. The summed E-state index contributed by atoms with van der Waals surface area (Å²) in [5.41, 5.74) is 0.459. The number of rotatable bonds is 3. The molecular formula is C15H16ClFN2O3. The molecule has 2 heterocycles. The Labute approximate surface area is 132 Å². The molecule has 0 saturated carbocycles. The molecule has 2 atom stereocenters. The molecule has 7 heteroatoms. The van der Waals surface area contributed by atoms with Gasteiger partial charge >= 0.3 is 5.97 Å². The summed E-state index contributed by atoms with van der Waals surface area (Å²) in [6.45, 7) is 1.06. The Morgan fingerprint density at radius 2 is 2.09 bits per heavy atom. The van der Waals surface area contributed by atoms with Crippen molar-refractivity contribution in [2.75, 3.05) is 18.0 Å². The molecule has 0 spiro atoms. The highest BCUT2D eigenvalue weighted by Gasteiger charge is 2.43. The minimum atomic E-state index is -0.888. The Kier molecular flexibility index (Phi) is 4.06. The number of halogens is 2. The van der Waals surface area contributed by atoms with Gasteiger partial charge in [0, 0.05) is 12.2 Å². The molecular weight excluding hydrogens is 311 g/mol. The van der Waals surface area contributed by atoms with Crippen LogP contribution in [-0.2, 0) is 9.59 Å².